The molecule has 0 fully saturated rings. The molecule has 0 bridgehead atoms. The highest BCUT2D eigenvalue weighted by Gasteiger charge is 2.53. The summed E-state index contributed by atoms with van der Waals surface area (Å²) in [5.41, 5.74) is 0.440. The maximum Gasteiger partial charge on any atom is 0.320 e. The number of carbonyl (C=O) groups is 4. The van der Waals surface area contributed by atoms with Crippen LogP contribution in [0.3, 0.4) is 0 Å². The molecule has 1 atom stereocenters. The summed E-state index contributed by atoms with van der Waals surface area (Å²) >= 11 is 0. The number of aliphatic carboxylic acids is 1. The van der Waals surface area contributed by atoms with Crippen LogP contribution in [0.15, 0.2) is 48.5 Å². The monoisotopic (exact) mass is 381 g/mol. The van der Waals surface area contributed by atoms with Crippen LogP contribution in [0.1, 0.15) is 17.5 Å². The summed E-state index contributed by atoms with van der Waals surface area (Å²) in [5.74, 6) is -1.92. The number of amides is 3. The van der Waals surface area contributed by atoms with Crippen LogP contribution >= 0.6 is 0 Å². The SMILES string of the molecule is Cc1ccc(NC(=O)NC2(CC(=O)O)C(=O)N(CC=O)c3ccccc32)cc1. The average molecular weight is 381 g/mol. The van der Waals surface area contributed by atoms with Crippen molar-refractivity contribution >= 4 is 35.6 Å². The number of aryl methyl sites for hydroxylation is 1. The number of para-hydroxylation sites is 1. The smallest absolute Gasteiger partial charge is 0.320 e. The van der Waals surface area contributed by atoms with Crippen molar-refractivity contribution in [3.8, 4) is 0 Å². The zero-order chi connectivity index (χ0) is 20.3. The Kier molecular flexibility index (Phi) is 5.12. The second-order valence-electron chi connectivity index (χ2n) is 6.52. The van der Waals surface area contributed by atoms with Crippen molar-refractivity contribution < 1.29 is 24.3 Å². The highest BCUT2D eigenvalue weighted by atomic mass is 16.4. The third-order valence-corrected chi connectivity index (χ3v) is 4.57. The Hall–Kier alpha value is -3.68. The number of hydrogen-bond donors (Lipinski definition) is 3. The maximum atomic E-state index is 13.1. The summed E-state index contributed by atoms with van der Waals surface area (Å²) in [6, 6.07) is 12.8. The number of carbonyl (C=O) groups excluding carboxylic acids is 3. The molecule has 8 nitrogen and oxygen atoms in total. The highest BCUT2D eigenvalue weighted by molar-refractivity contribution is 6.12. The minimum absolute atomic E-state index is 0.238. The van der Waals surface area contributed by atoms with Crippen LogP contribution in [0.25, 0.3) is 0 Å². The van der Waals surface area contributed by atoms with Gasteiger partial charge in [-0.15, -0.1) is 0 Å². The first-order chi connectivity index (χ1) is 13.4. The van der Waals surface area contributed by atoms with Gasteiger partial charge in [0.1, 0.15) is 6.29 Å². The summed E-state index contributed by atoms with van der Waals surface area (Å²) < 4.78 is 0. The molecule has 3 amide bonds. The van der Waals surface area contributed by atoms with Gasteiger partial charge in [0.25, 0.3) is 5.91 Å². The topological polar surface area (TPSA) is 116 Å². The molecule has 1 heterocycles. The molecule has 1 aliphatic heterocycles. The first kappa shape index (κ1) is 19.1. The highest BCUT2D eigenvalue weighted by Crippen LogP contribution is 2.42. The molecule has 8 heteroatoms. The normalized spacial score (nSPS) is 17.8. The standard InChI is InChI=1S/C20H19N3O5/c1-13-6-8-14(9-7-13)21-19(28)22-20(12-17(25)26)15-4-2-3-5-16(15)23(10-11-24)18(20)27/h2-9,11H,10,12H2,1H3,(H,25,26)(H2,21,22,28). The quantitative estimate of drug-likeness (QED) is 0.662. The first-order valence-electron chi connectivity index (χ1n) is 8.60. The van der Waals surface area contributed by atoms with Gasteiger partial charge in [0.15, 0.2) is 5.54 Å². The molecule has 0 aromatic heterocycles. The lowest BCUT2D eigenvalue weighted by molar-refractivity contribution is -0.141. The lowest BCUT2D eigenvalue weighted by Crippen LogP contribution is -2.55. The van der Waals surface area contributed by atoms with E-state index in [1.165, 1.54) is 4.90 Å². The fourth-order valence-electron chi connectivity index (χ4n) is 3.34. The van der Waals surface area contributed by atoms with E-state index in [1.807, 2.05) is 19.1 Å². The second kappa shape index (κ2) is 7.51. The number of aldehydes is 1. The Morgan fingerprint density at radius 2 is 1.82 bits per heavy atom. The van der Waals surface area contributed by atoms with E-state index in [1.54, 1.807) is 36.4 Å². The lowest BCUT2D eigenvalue weighted by atomic mass is 9.88. The summed E-state index contributed by atoms with van der Waals surface area (Å²) in [6.45, 7) is 1.67. The van der Waals surface area contributed by atoms with Gasteiger partial charge in [0.2, 0.25) is 0 Å². The van der Waals surface area contributed by atoms with Gasteiger partial charge in [-0.1, -0.05) is 35.9 Å². The molecule has 2 aromatic carbocycles. The van der Waals surface area contributed by atoms with Crippen LogP contribution in [0.5, 0.6) is 0 Å². The van der Waals surface area contributed by atoms with Gasteiger partial charge in [-0.2, -0.15) is 0 Å². The number of rotatable bonds is 6. The number of nitrogens with zero attached hydrogens (tertiary/aromatic N) is 1. The molecule has 144 valence electrons. The number of nitrogens with one attached hydrogen (secondary N) is 2. The molecule has 0 aliphatic carbocycles. The molecule has 0 spiro atoms. The molecule has 0 saturated heterocycles. The maximum absolute atomic E-state index is 13.1. The molecule has 3 N–H and O–H groups in total. The third kappa shape index (κ3) is 3.44. The minimum atomic E-state index is -1.81. The lowest BCUT2D eigenvalue weighted by Gasteiger charge is -2.28. The number of urea groups is 1. The Morgan fingerprint density at radius 3 is 2.46 bits per heavy atom. The van der Waals surface area contributed by atoms with E-state index in [9.17, 15) is 24.3 Å². The number of fused-ring (bicyclic) bond motifs is 1. The molecule has 2 aromatic rings. The van der Waals surface area contributed by atoms with E-state index in [0.717, 1.165) is 5.56 Å². The molecular formula is C20H19N3O5. The molecule has 1 unspecified atom stereocenters. The Morgan fingerprint density at radius 1 is 1.14 bits per heavy atom. The zero-order valence-electron chi connectivity index (χ0n) is 15.1. The Labute approximate surface area is 161 Å². The summed E-state index contributed by atoms with van der Waals surface area (Å²) in [5, 5.41) is 14.6. The van der Waals surface area contributed by atoms with Crippen LogP contribution in [-0.2, 0) is 19.9 Å². The first-order valence-corrected chi connectivity index (χ1v) is 8.60. The number of anilines is 2. The summed E-state index contributed by atoms with van der Waals surface area (Å²) in [4.78, 5) is 49.5. The number of carboxylic acid groups (broad SMARTS) is 1. The van der Waals surface area contributed by atoms with Gasteiger partial charge in [-0.05, 0) is 25.1 Å². The van der Waals surface area contributed by atoms with Gasteiger partial charge in [0, 0.05) is 11.3 Å². The number of carboxylic acids is 1. The van der Waals surface area contributed by atoms with Gasteiger partial charge in [0.05, 0.1) is 18.7 Å². The number of benzene rings is 2. The Balaban J connectivity index is 1.97. The van der Waals surface area contributed by atoms with Gasteiger partial charge in [-0.25, -0.2) is 4.79 Å². The van der Waals surface area contributed by atoms with Crippen molar-refractivity contribution in [2.24, 2.45) is 0 Å². The van der Waals surface area contributed by atoms with E-state index in [-0.39, 0.29) is 6.54 Å². The number of hydrogen-bond acceptors (Lipinski definition) is 4. The van der Waals surface area contributed by atoms with Gasteiger partial charge >= 0.3 is 12.0 Å². The van der Waals surface area contributed by atoms with Crippen LogP contribution < -0.4 is 15.5 Å². The predicted octanol–water partition coefficient (Wildman–Crippen LogP) is 2.03. The van der Waals surface area contributed by atoms with Crippen molar-refractivity contribution in [1.29, 1.82) is 0 Å². The van der Waals surface area contributed by atoms with Crippen molar-refractivity contribution in [3.63, 3.8) is 0 Å². The molecular weight excluding hydrogens is 362 g/mol. The average Bonchev–Trinajstić information content (AvgIpc) is 2.86. The van der Waals surface area contributed by atoms with Crippen molar-refractivity contribution in [3.05, 3.63) is 59.7 Å². The molecule has 0 radical (unpaired) electrons. The molecule has 0 saturated carbocycles. The van der Waals surface area contributed by atoms with Gasteiger partial charge < -0.3 is 25.4 Å². The predicted molar refractivity (Wildman–Crippen MR) is 102 cm³/mol. The van der Waals surface area contributed by atoms with Crippen molar-refractivity contribution in [1.82, 2.24) is 5.32 Å². The minimum Gasteiger partial charge on any atom is -0.481 e. The summed E-state index contributed by atoms with van der Waals surface area (Å²) in [7, 11) is 0. The third-order valence-electron chi connectivity index (χ3n) is 4.57. The van der Waals surface area contributed by atoms with Crippen LogP contribution in [0, 0.1) is 6.92 Å². The van der Waals surface area contributed by atoms with E-state index in [2.05, 4.69) is 10.6 Å². The second-order valence-corrected chi connectivity index (χ2v) is 6.52. The summed E-state index contributed by atoms with van der Waals surface area (Å²) in [6.07, 6.45) is -0.0998. The molecule has 28 heavy (non-hydrogen) atoms. The van der Waals surface area contributed by atoms with Crippen molar-refractivity contribution in [2.45, 2.75) is 18.9 Å². The van der Waals surface area contributed by atoms with Crippen LogP contribution in [0.4, 0.5) is 16.2 Å². The van der Waals surface area contributed by atoms with E-state index < -0.39 is 29.9 Å². The fourth-order valence-corrected chi connectivity index (χ4v) is 3.34. The molecule has 1 aliphatic rings. The largest absolute Gasteiger partial charge is 0.481 e. The van der Waals surface area contributed by atoms with Gasteiger partial charge in [-0.3, -0.25) is 9.59 Å². The van der Waals surface area contributed by atoms with Crippen molar-refractivity contribution in [2.75, 3.05) is 16.8 Å². The van der Waals surface area contributed by atoms with E-state index in [0.29, 0.717) is 23.2 Å². The Bertz CT molecular complexity index is 941. The van der Waals surface area contributed by atoms with E-state index >= 15 is 0 Å². The van der Waals surface area contributed by atoms with Crippen LogP contribution in [0.2, 0.25) is 0 Å². The molecule has 3 rings (SSSR count). The fraction of sp³-hybridized carbons (Fsp3) is 0.200. The van der Waals surface area contributed by atoms with E-state index in [4.69, 9.17) is 0 Å². The zero-order valence-corrected chi connectivity index (χ0v) is 15.1. The van der Waals surface area contributed by atoms with Crippen LogP contribution in [-0.4, -0.2) is 35.8 Å².